The number of hydrogen-bond acceptors (Lipinski definition) is 4. The van der Waals surface area contributed by atoms with E-state index in [0.717, 1.165) is 25.2 Å². The number of carbonyl (C=O) groups excluding carboxylic acids is 1. The van der Waals surface area contributed by atoms with Crippen LogP contribution in [0.15, 0.2) is 53.2 Å². The molecule has 2 aromatic rings. The monoisotopic (exact) mass is 365 g/mol. The summed E-state index contributed by atoms with van der Waals surface area (Å²) in [6.07, 6.45) is 8.49. The number of likely N-dealkylation sites (tertiary alicyclic amines) is 1. The van der Waals surface area contributed by atoms with E-state index in [1.54, 1.807) is 6.92 Å². The van der Waals surface area contributed by atoms with Crippen molar-refractivity contribution in [3.63, 3.8) is 0 Å². The van der Waals surface area contributed by atoms with Gasteiger partial charge in [0.15, 0.2) is 0 Å². The number of carbonyl (C=O) groups is 1. The van der Waals surface area contributed by atoms with Crippen molar-refractivity contribution >= 4 is 23.9 Å². The zero-order valence-corrected chi connectivity index (χ0v) is 16.1. The Hall–Kier alpha value is -2.66. The minimum Gasteiger partial charge on any atom is -0.462 e. The third kappa shape index (κ3) is 4.37. The van der Waals surface area contributed by atoms with E-state index < -0.39 is 0 Å². The lowest BCUT2D eigenvalue weighted by Gasteiger charge is -2.14. The summed E-state index contributed by atoms with van der Waals surface area (Å²) >= 11 is 0. The van der Waals surface area contributed by atoms with Gasteiger partial charge >= 0.3 is 5.97 Å². The molecule has 0 atom stereocenters. The van der Waals surface area contributed by atoms with Crippen LogP contribution in [0, 0.1) is 0 Å². The van der Waals surface area contributed by atoms with Crippen molar-refractivity contribution < 1.29 is 9.53 Å². The minimum absolute atomic E-state index is 0.333. The SMILES string of the molecule is C=N/C(=C\C=C(/C)CN1CCCC1)c1c(C(=O)OCC)cc2ccccn12. The fourth-order valence-electron chi connectivity index (χ4n) is 3.52. The Morgan fingerprint density at radius 2 is 2.07 bits per heavy atom. The standard InChI is InChI=1S/C22H27N3O2/c1-4-27-22(26)19-15-18-9-5-6-14-25(18)21(19)20(23-3)11-10-17(2)16-24-12-7-8-13-24/h5-6,9-11,14-15H,3-4,7-8,12-13,16H2,1-2H3/b17-10+,20-11-. The largest absolute Gasteiger partial charge is 0.462 e. The van der Waals surface area contributed by atoms with Crippen LogP contribution in [-0.4, -0.2) is 48.2 Å². The number of ether oxygens (including phenoxy) is 1. The molecule has 0 N–H and O–H groups in total. The van der Waals surface area contributed by atoms with Crippen LogP contribution in [0.1, 0.15) is 42.7 Å². The lowest BCUT2D eigenvalue weighted by molar-refractivity contribution is 0.0526. The summed E-state index contributed by atoms with van der Waals surface area (Å²) in [5, 5.41) is 0. The Morgan fingerprint density at radius 1 is 1.30 bits per heavy atom. The average molecular weight is 365 g/mol. The molecule has 5 heteroatoms. The van der Waals surface area contributed by atoms with Crippen molar-refractivity contribution in [2.45, 2.75) is 26.7 Å². The molecule has 0 radical (unpaired) electrons. The van der Waals surface area contributed by atoms with Gasteiger partial charge in [-0.2, -0.15) is 0 Å². The van der Waals surface area contributed by atoms with Crippen LogP contribution in [-0.2, 0) is 4.74 Å². The van der Waals surface area contributed by atoms with E-state index in [2.05, 4.69) is 29.6 Å². The Kier molecular flexibility index (Phi) is 6.24. The first-order chi connectivity index (χ1) is 13.1. The van der Waals surface area contributed by atoms with Crippen molar-refractivity contribution in [3.05, 3.63) is 59.4 Å². The topological polar surface area (TPSA) is 46.3 Å². The zero-order valence-electron chi connectivity index (χ0n) is 16.1. The number of fused-ring (bicyclic) bond motifs is 1. The summed E-state index contributed by atoms with van der Waals surface area (Å²) in [7, 11) is 0. The fourth-order valence-corrected chi connectivity index (χ4v) is 3.52. The number of pyridine rings is 1. The fraction of sp³-hybridized carbons (Fsp3) is 0.364. The smallest absolute Gasteiger partial charge is 0.340 e. The molecular weight excluding hydrogens is 338 g/mol. The molecule has 1 saturated heterocycles. The summed E-state index contributed by atoms with van der Waals surface area (Å²) in [6, 6.07) is 7.67. The van der Waals surface area contributed by atoms with Crippen molar-refractivity contribution in [2.24, 2.45) is 4.99 Å². The summed E-state index contributed by atoms with van der Waals surface area (Å²) in [5.41, 5.74) is 4.06. The van der Waals surface area contributed by atoms with Crippen LogP contribution >= 0.6 is 0 Å². The molecule has 0 aromatic carbocycles. The van der Waals surface area contributed by atoms with Gasteiger partial charge in [0.2, 0.25) is 0 Å². The summed E-state index contributed by atoms with van der Waals surface area (Å²) in [6.45, 7) is 11.3. The molecular formula is C22H27N3O2. The highest BCUT2D eigenvalue weighted by molar-refractivity contribution is 5.97. The predicted molar refractivity (Wildman–Crippen MR) is 110 cm³/mol. The normalized spacial score (nSPS) is 16.1. The number of rotatable bonds is 7. The van der Waals surface area contributed by atoms with Crippen molar-refractivity contribution in [2.75, 3.05) is 26.2 Å². The zero-order chi connectivity index (χ0) is 19.2. The van der Waals surface area contributed by atoms with Gasteiger partial charge in [0, 0.05) is 18.3 Å². The summed E-state index contributed by atoms with van der Waals surface area (Å²) < 4.78 is 7.20. The molecule has 5 nitrogen and oxygen atoms in total. The van der Waals surface area contributed by atoms with E-state index in [1.807, 2.05) is 40.9 Å². The first kappa shape index (κ1) is 19.1. The first-order valence-electron chi connectivity index (χ1n) is 9.48. The van der Waals surface area contributed by atoms with Crippen LogP contribution < -0.4 is 0 Å². The average Bonchev–Trinajstić information content (AvgIpc) is 3.30. The maximum Gasteiger partial charge on any atom is 0.340 e. The second-order valence-electron chi connectivity index (χ2n) is 6.83. The van der Waals surface area contributed by atoms with E-state index in [1.165, 1.54) is 18.4 Å². The molecule has 0 saturated carbocycles. The Balaban J connectivity index is 1.98. The highest BCUT2D eigenvalue weighted by atomic mass is 16.5. The van der Waals surface area contributed by atoms with Gasteiger partial charge in [-0.3, -0.25) is 9.89 Å². The molecule has 3 heterocycles. The lowest BCUT2D eigenvalue weighted by atomic mass is 10.1. The molecule has 27 heavy (non-hydrogen) atoms. The van der Waals surface area contributed by atoms with Crippen LogP contribution in [0.2, 0.25) is 0 Å². The number of aliphatic imine (C=N–C) groups is 1. The highest BCUT2D eigenvalue weighted by Gasteiger charge is 2.20. The number of hydrogen-bond donors (Lipinski definition) is 0. The van der Waals surface area contributed by atoms with Crippen molar-refractivity contribution in [3.8, 4) is 0 Å². The van der Waals surface area contributed by atoms with E-state index in [4.69, 9.17) is 4.74 Å². The number of esters is 1. The molecule has 0 spiro atoms. The van der Waals surface area contributed by atoms with Crippen LogP contribution in [0.25, 0.3) is 11.2 Å². The minimum atomic E-state index is -0.344. The van der Waals surface area contributed by atoms with Gasteiger partial charge in [-0.1, -0.05) is 17.7 Å². The summed E-state index contributed by atoms with van der Waals surface area (Å²) in [5.74, 6) is -0.344. The van der Waals surface area contributed by atoms with E-state index in [-0.39, 0.29) is 5.97 Å². The molecule has 0 amide bonds. The Labute approximate surface area is 160 Å². The van der Waals surface area contributed by atoms with Gasteiger partial charge in [0.25, 0.3) is 0 Å². The van der Waals surface area contributed by atoms with Crippen molar-refractivity contribution in [1.82, 2.24) is 9.30 Å². The Morgan fingerprint density at radius 3 is 2.78 bits per heavy atom. The van der Waals surface area contributed by atoms with Crippen molar-refractivity contribution in [1.29, 1.82) is 0 Å². The molecule has 1 fully saturated rings. The maximum absolute atomic E-state index is 12.5. The number of aromatic nitrogens is 1. The molecule has 1 aliphatic rings. The molecule has 0 bridgehead atoms. The number of nitrogens with zero attached hydrogens (tertiary/aromatic N) is 3. The summed E-state index contributed by atoms with van der Waals surface area (Å²) in [4.78, 5) is 19.1. The van der Waals surface area contributed by atoms with E-state index in [0.29, 0.717) is 23.6 Å². The van der Waals surface area contributed by atoms with E-state index >= 15 is 0 Å². The second kappa shape index (κ2) is 8.82. The third-order valence-corrected chi connectivity index (χ3v) is 4.79. The van der Waals surface area contributed by atoms with Crippen LogP contribution in [0.3, 0.4) is 0 Å². The van der Waals surface area contributed by atoms with Gasteiger partial charge in [-0.05, 0) is 70.8 Å². The molecule has 142 valence electrons. The van der Waals surface area contributed by atoms with Gasteiger partial charge in [0.1, 0.15) is 0 Å². The maximum atomic E-state index is 12.5. The highest BCUT2D eigenvalue weighted by Crippen LogP contribution is 2.26. The third-order valence-electron chi connectivity index (χ3n) is 4.79. The van der Waals surface area contributed by atoms with Gasteiger partial charge in [0.05, 0.1) is 23.6 Å². The molecule has 3 rings (SSSR count). The molecule has 1 aliphatic heterocycles. The van der Waals surface area contributed by atoms with Gasteiger partial charge in [-0.15, -0.1) is 0 Å². The van der Waals surface area contributed by atoms with Gasteiger partial charge < -0.3 is 9.14 Å². The first-order valence-corrected chi connectivity index (χ1v) is 9.48. The van der Waals surface area contributed by atoms with Crippen LogP contribution in [0.5, 0.6) is 0 Å². The Bertz CT molecular complexity index is 886. The lowest BCUT2D eigenvalue weighted by Crippen LogP contribution is -2.20. The number of allylic oxidation sites excluding steroid dienone is 2. The molecule has 0 aliphatic carbocycles. The van der Waals surface area contributed by atoms with Gasteiger partial charge in [-0.25, -0.2) is 4.79 Å². The van der Waals surface area contributed by atoms with E-state index in [9.17, 15) is 4.79 Å². The van der Waals surface area contributed by atoms with Crippen LogP contribution in [0.4, 0.5) is 0 Å². The molecule has 2 aromatic heterocycles. The quantitative estimate of drug-likeness (QED) is 0.420. The predicted octanol–water partition coefficient (Wildman–Crippen LogP) is 4.20. The molecule has 0 unspecified atom stereocenters. The second-order valence-corrected chi connectivity index (χ2v) is 6.83.